The number of pyridine rings is 1. The second-order valence-corrected chi connectivity index (χ2v) is 7.74. The zero-order chi connectivity index (χ0) is 15.7. The van der Waals surface area contributed by atoms with Gasteiger partial charge in [-0.15, -0.1) is 0 Å². The summed E-state index contributed by atoms with van der Waals surface area (Å²) in [5.41, 5.74) is 1.05. The van der Waals surface area contributed by atoms with Crippen molar-refractivity contribution in [1.29, 1.82) is 0 Å². The molecule has 7 nitrogen and oxygen atoms in total. The van der Waals surface area contributed by atoms with Crippen LogP contribution in [0.5, 0.6) is 0 Å². The molecule has 120 valence electrons. The highest BCUT2D eigenvalue weighted by molar-refractivity contribution is 7.88. The number of aromatic nitrogens is 1. The van der Waals surface area contributed by atoms with E-state index < -0.39 is 10.0 Å². The van der Waals surface area contributed by atoms with Gasteiger partial charge in [-0.3, -0.25) is 9.69 Å². The molecule has 1 atom stereocenters. The van der Waals surface area contributed by atoms with E-state index in [0.717, 1.165) is 18.4 Å². The van der Waals surface area contributed by atoms with E-state index in [9.17, 15) is 13.2 Å². The Morgan fingerprint density at radius 2 is 2.00 bits per heavy atom. The zero-order valence-electron chi connectivity index (χ0n) is 12.5. The summed E-state index contributed by atoms with van der Waals surface area (Å²) >= 11 is 0. The fourth-order valence-electron chi connectivity index (χ4n) is 3.07. The molecule has 8 heteroatoms. The van der Waals surface area contributed by atoms with E-state index in [0.29, 0.717) is 32.0 Å². The number of sulfonamides is 1. The van der Waals surface area contributed by atoms with Crippen LogP contribution >= 0.6 is 0 Å². The maximum Gasteiger partial charge on any atom is 0.242 e. The molecule has 1 saturated heterocycles. The van der Waals surface area contributed by atoms with Crippen LogP contribution in [0.4, 0.5) is 5.82 Å². The molecule has 1 fully saturated rings. The van der Waals surface area contributed by atoms with Crippen molar-refractivity contribution in [2.45, 2.75) is 18.9 Å². The van der Waals surface area contributed by atoms with E-state index in [-0.39, 0.29) is 11.9 Å². The molecular weight excluding hydrogens is 304 g/mol. The Kier molecular flexibility index (Phi) is 4.16. The molecule has 0 saturated carbocycles. The van der Waals surface area contributed by atoms with Crippen LogP contribution < -0.4 is 5.32 Å². The second kappa shape index (κ2) is 5.94. The van der Waals surface area contributed by atoms with Gasteiger partial charge in [0, 0.05) is 32.4 Å². The molecule has 1 amide bonds. The summed E-state index contributed by atoms with van der Waals surface area (Å²) in [6, 6.07) is 3.62. The minimum atomic E-state index is -3.15. The first-order valence-electron chi connectivity index (χ1n) is 7.39. The van der Waals surface area contributed by atoms with Crippen molar-refractivity contribution in [2.75, 3.05) is 37.8 Å². The third-order valence-corrected chi connectivity index (χ3v) is 5.61. The smallest absolute Gasteiger partial charge is 0.242 e. The first-order valence-corrected chi connectivity index (χ1v) is 9.24. The molecule has 1 aromatic heterocycles. The monoisotopic (exact) mass is 324 g/mol. The van der Waals surface area contributed by atoms with Gasteiger partial charge in [-0.2, -0.15) is 4.31 Å². The lowest BCUT2D eigenvalue weighted by Gasteiger charge is -2.37. The Morgan fingerprint density at radius 1 is 1.27 bits per heavy atom. The molecule has 0 spiro atoms. The molecule has 0 aromatic carbocycles. The molecule has 0 bridgehead atoms. The van der Waals surface area contributed by atoms with Gasteiger partial charge in [-0.05, 0) is 24.5 Å². The van der Waals surface area contributed by atoms with Gasteiger partial charge in [0.1, 0.15) is 5.82 Å². The van der Waals surface area contributed by atoms with E-state index in [4.69, 9.17) is 0 Å². The van der Waals surface area contributed by atoms with Crippen molar-refractivity contribution in [1.82, 2.24) is 14.2 Å². The number of nitrogens with zero attached hydrogens (tertiary/aromatic N) is 3. The summed E-state index contributed by atoms with van der Waals surface area (Å²) in [5.74, 6) is 0.593. The van der Waals surface area contributed by atoms with Crippen LogP contribution in [0, 0.1) is 0 Å². The van der Waals surface area contributed by atoms with Gasteiger partial charge >= 0.3 is 0 Å². The predicted octanol–water partition coefficient (Wildman–Crippen LogP) is -0.0879. The maximum absolute atomic E-state index is 12.4. The van der Waals surface area contributed by atoms with Gasteiger partial charge in [0.05, 0.1) is 12.3 Å². The Balaban J connectivity index is 1.68. The van der Waals surface area contributed by atoms with Crippen LogP contribution in [0.15, 0.2) is 18.3 Å². The standard InChI is InChI=1S/C14H20N4O3S/c1-22(20,21)18-9-7-17(8-10-18)12-5-4-11-3-2-6-15-13(11)16-14(12)19/h2-3,6,12H,4-5,7-10H2,1H3,(H,15,16,19). The fraction of sp³-hybridized carbons (Fsp3) is 0.571. The predicted molar refractivity (Wildman–Crippen MR) is 83.0 cm³/mol. The molecule has 22 heavy (non-hydrogen) atoms. The van der Waals surface area contributed by atoms with Gasteiger partial charge in [-0.25, -0.2) is 13.4 Å². The minimum absolute atomic E-state index is 0.0507. The van der Waals surface area contributed by atoms with E-state index in [1.165, 1.54) is 10.6 Å². The molecule has 2 aliphatic heterocycles. The van der Waals surface area contributed by atoms with Crippen molar-refractivity contribution in [2.24, 2.45) is 0 Å². The van der Waals surface area contributed by atoms with Crippen LogP contribution in [-0.4, -0.2) is 67.0 Å². The number of nitrogens with one attached hydrogen (secondary N) is 1. The van der Waals surface area contributed by atoms with Gasteiger partial charge in [0.2, 0.25) is 15.9 Å². The summed E-state index contributed by atoms with van der Waals surface area (Å²) in [5, 5.41) is 2.89. The van der Waals surface area contributed by atoms with E-state index >= 15 is 0 Å². The highest BCUT2D eigenvalue weighted by atomic mass is 32.2. The van der Waals surface area contributed by atoms with Crippen molar-refractivity contribution in [3.05, 3.63) is 23.9 Å². The average molecular weight is 324 g/mol. The minimum Gasteiger partial charge on any atom is -0.309 e. The molecule has 0 radical (unpaired) electrons. The summed E-state index contributed by atoms with van der Waals surface area (Å²) in [4.78, 5) is 18.7. The summed E-state index contributed by atoms with van der Waals surface area (Å²) in [6.07, 6.45) is 4.41. The quantitative estimate of drug-likeness (QED) is 0.822. The number of hydrogen-bond acceptors (Lipinski definition) is 5. The molecule has 2 aliphatic rings. The van der Waals surface area contributed by atoms with Crippen LogP contribution in [-0.2, 0) is 21.2 Å². The normalized spacial score (nSPS) is 24.4. The third kappa shape index (κ3) is 3.13. The van der Waals surface area contributed by atoms with Crippen molar-refractivity contribution >= 4 is 21.7 Å². The van der Waals surface area contributed by atoms with Crippen molar-refractivity contribution in [3.8, 4) is 0 Å². The topological polar surface area (TPSA) is 82.6 Å². The SMILES string of the molecule is CS(=O)(=O)N1CCN(C2CCc3cccnc3NC2=O)CC1. The molecule has 0 aliphatic carbocycles. The largest absolute Gasteiger partial charge is 0.309 e. The number of amides is 1. The molecule has 1 N–H and O–H groups in total. The number of carbonyl (C=O) groups excluding carboxylic acids is 1. The van der Waals surface area contributed by atoms with Gasteiger partial charge < -0.3 is 5.32 Å². The molecular formula is C14H20N4O3S. The van der Waals surface area contributed by atoms with Crippen LogP contribution in [0.2, 0.25) is 0 Å². The highest BCUT2D eigenvalue weighted by Gasteiger charge is 2.33. The third-order valence-electron chi connectivity index (χ3n) is 4.31. The Bertz CT molecular complexity index is 668. The fourth-order valence-corrected chi connectivity index (χ4v) is 3.90. The molecule has 1 unspecified atom stereocenters. The Labute approximate surface area is 130 Å². The summed E-state index contributed by atoms with van der Waals surface area (Å²) in [7, 11) is -3.15. The van der Waals surface area contributed by atoms with Gasteiger partial charge in [0.25, 0.3) is 0 Å². The Hall–Kier alpha value is -1.51. The van der Waals surface area contributed by atoms with Crippen LogP contribution in [0.1, 0.15) is 12.0 Å². The lowest BCUT2D eigenvalue weighted by molar-refractivity contribution is -0.121. The summed E-state index contributed by atoms with van der Waals surface area (Å²) in [6.45, 7) is 2.03. The highest BCUT2D eigenvalue weighted by Crippen LogP contribution is 2.22. The first kappa shape index (κ1) is 15.4. The number of aryl methyl sites for hydroxylation is 1. The summed E-state index contributed by atoms with van der Waals surface area (Å²) < 4.78 is 24.6. The van der Waals surface area contributed by atoms with Crippen molar-refractivity contribution in [3.63, 3.8) is 0 Å². The first-order chi connectivity index (χ1) is 10.4. The number of piperazine rings is 1. The number of hydrogen-bond donors (Lipinski definition) is 1. The number of anilines is 1. The second-order valence-electron chi connectivity index (χ2n) is 5.75. The average Bonchev–Trinajstić information content (AvgIpc) is 2.65. The Morgan fingerprint density at radius 3 is 2.68 bits per heavy atom. The number of rotatable bonds is 2. The van der Waals surface area contributed by atoms with Gasteiger partial charge in [-0.1, -0.05) is 6.07 Å². The zero-order valence-corrected chi connectivity index (χ0v) is 13.3. The number of fused-ring (bicyclic) bond motifs is 1. The van der Waals surface area contributed by atoms with Crippen LogP contribution in [0.3, 0.4) is 0 Å². The lowest BCUT2D eigenvalue weighted by atomic mass is 10.1. The van der Waals surface area contributed by atoms with Crippen molar-refractivity contribution < 1.29 is 13.2 Å². The molecule has 1 aromatic rings. The molecule has 3 rings (SSSR count). The van der Waals surface area contributed by atoms with E-state index in [1.807, 2.05) is 12.1 Å². The van der Waals surface area contributed by atoms with Crippen LogP contribution in [0.25, 0.3) is 0 Å². The molecule has 3 heterocycles. The van der Waals surface area contributed by atoms with Gasteiger partial charge in [0.15, 0.2) is 0 Å². The van der Waals surface area contributed by atoms with E-state index in [2.05, 4.69) is 15.2 Å². The van der Waals surface area contributed by atoms with E-state index in [1.54, 1.807) is 6.20 Å². The maximum atomic E-state index is 12.4. The lowest BCUT2D eigenvalue weighted by Crippen LogP contribution is -2.54. The number of carbonyl (C=O) groups is 1.